The van der Waals surface area contributed by atoms with Gasteiger partial charge in [-0.3, -0.25) is 14.4 Å². The zero-order valence-electron chi connectivity index (χ0n) is 18.4. The maximum Gasteiger partial charge on any atom is 0.344 e. The van der Waals surface area contributed by atoms with Gasteiger partial charge in [0.1, 0.15) is 17.2 Å². The van der Waals surface area contributed by atoms with E-state index in [0.717, 1.165) is 32.1 Å². The fourth-order valence-electron chi connectivity index (χ4n) is 7.46. The number of fused-ring (bicyclic) bond motifs is 9. The maximum atomic E-state index is 12.8. The highest BCUT2D eigenvalue weighted by Gasteiger charge is 2.69. The number of ether oxygens (including phenoxy) is 2. The van der Waals surface area contributed by atoms with E-state index in [4.69, 9.17) is 9.47 Å². The van der Waals surface area contributed by atoms with E-state index in [1.54, 1.807) is 0 Å². The normalized spacial score (nSPS) is 40.1. The minimum atomic E-state index is -0.539. The molecule has 0 heterocycles. The Bertz CT molecular complexity index is 839. The first-order chi connectivity index (χ1) is 14.9. The van der Waals surface area contributed by atoms with Crippen LogP contribution in [0.5, 0.6) is 0 Å². The van der Waals surface area contributed by atoms with Crippen LogP contribution < -0.4 is 0 Å². The molecule has 6 nitrogen and oxygen atoms in total. The summed E-state index contributed by atoms with van der Waals surface area (Å²) in [7, 11) is 0. The molecule has 0 aliphatic heterocycles. The first-order valence-electron chi connectivity index (χ1n) is 12.0. The Morgan fingerprint density at radius 2 is 1.71 bits per heavy atom. The Kier molecular flexibility index (Phi) is 5.10. The second-order valence-electron chi connectivity index (χ2n) is 10.5. The summed E-state index contributed by atoms with van der Waals surface area (Å²) in [6.45, 7) is 3.59. The quantitative estimate of drug-likeness (QED) is 0.367. The van der Waals surface area contributed by atoms with Gasteiger partial charge in [0.2, 0.25) is 0 Å². The molecule has 0 radical (unpaired) electrons. The molecule has 6 heteroatoms. The largest absolute Gasteiger partial charge is 0.457 e. The molecule has 0 aromatic heterocycles. The lowest BCUT2D eigenvalue weighted by Crippen LogP contribution is -2.41. The topological polar surface area (TPSA) is 86.7 Å². The molecule has 0 spiro atoms. The van der Waals surface area contributed by atoms with E-state index in [9.17, 15) is 19.2 Å². The van der Waals surface area contributed by atoms with Gasteiger partial charge in [-0.25, -0.2) is 4.79 Å². The number of rotatable bonds is 6. The monoisotopic (exact) mass is 428 g/mol. The number of allylic oxidation sites excluding steroid dienone is 2. The first-order valence-corrected chi connectivity index (χ1v) is 12.0. The molecule has 0 saturated heterocycles. The van der Waals surface area contributed by atoms with Crippen molar-refractivity contribution in [3.8, 4) is 0 Å². The number of hydrogen-bond acceptors (Lipinski definition) is 6. The molecule has 0 aromatic carbocycles. The third-order valence-corrected chi connectivity index (χ3v) is 9.12. The molecule has 8 unspecified atom stereocenters. The van der Waals surface area contributed by atoms with Crippen LogP contribution >= 0.6 is 0 Å². The van der Waals surface area contributed by atoms with Crippen molar-refractivity contribution < 1.29 is 28.7 Å². The van der Waals surface area contributed by atoms with E-state index >= 15 is 0 Å². The van der Waals surface area contributed by atoms with Gasteiger partial charge in [0.05, 0.1) is 5.92 Å². The molecule has 5 aliphatic carbocycles. The fraction of sp³-hybridized carbons (Fsp3) is 0.760. The average molecular weight is 429 g/mol. The van der Waals surface area contributed by atoms with Crippen LogP contribution in [0.3, 0.4) is 0 Å². The van der Waals surface area contributed by atoms with Gasteiger partial charge in [-0.05, 0) is 50.4 Å². The molecule has 4 saturated carbocycles. The van der Waals surface area contributed by atoms with Gasteiger partial charge >= 0.3 is 11.9 Å². The Balaban J connectivity index is 1.19. The zero-order valence-corrected chi connectivity index (χ0v) is 18.4. The smallest absolute Gasteiger partial charge is 0.344 e. The second kappa shape index (κ2) is 7.56. The van der Waals surface area contributed by atoms with Gasteiger partial charge in [0.25, 0.3) is 0 Å². The molecular weight excluding hydrogens is 396 g/mol. The van der Waals surface area contributed by atoms with Crippen LogP contribution in [0, 0.1) is 47.3 Å². The second-order valence-corrected chi connectivity index (χ2v) is 10.5. The minimum absolute atomic E-state index is 0.0621. The van der Waals surface area contributed by atoms with E-state index in [0.29, 0.717) is 12.3 Å². The summed E-state index contributed by atoms with van der Waals surface area (Å²) in [6.07, 6.45) is 10.7. The summed E-state index contributed by atoms with van der Waals surface area (Å²) < 4.78 is 11.2. The summed E-state index contributed by atoms with van der Waals surface area (Å²) in [4.78, 5) is 50.6. The predicted molar refractivity (Wildman–Crippen MR) is 111 cm³/mol. The van der Waals surface area contributed by atoms with Crippen molar-refractivity contribution in [2.45, 2.75) is 64.4 Å². The van der Waals surface area contributed by atoms with E-state index in [2.05, 4.69) is 0 Å². The molecule has 0 amide bonds. The number of esters is 2. The summed E-state index contributed by atoms with van der Waals surface area (Å²) in [6, 6.07) is 0. The van der Waals surface area contributed by atoms with E-state index in [1.165, 1.54) is 6.42 Å². The van der Waals surface area contributed by atoms with Gasteiger partial charge in [-0.2, -0.15) is 0 Å². The molecule has 4 fully saturated rings. The van der Waals surface area contributed by atoms with Gasteiger partial charge in [0.15, 0.2) is 6.61 Å². The van der Waals surface area contributed by atoms with Crippen molar-refractivity contribution in [1.29, 1.82) is 0 Å². The molecule has 5 aliphatic rings. The van der Waals surface area contributed by atoms with Gasteiger partial charge in [-0.1, -0.05) is 38.3 Å². The minimum Gasteiger partial charge on any atom is -0.457 e. The van der Waals surface area contributed by atoms with Crippen LogP contribution in [0.4, 0.5) is 0 Å². The highest BCUT2D eigenvalue weighted by atomic mass is 16.6. The summed E-state index contributed by atoms with van der Waals surface area (Å²) >= 11 is 0. The third-order valence-electron chi connectivity index (χ3n) is 9.12. The predicted octanol–water partition coefficient (Wildman–Crippen LogP) is 3.27. The van der Waals surface area contributed by atoms with E-state index in [1.807, 2.05) is 26.0 Å². The van der Waals surface area contributed by atoms with Gasteiger partial charge < -0.3 is 9.47 Å². The molecule has 4 bridgehead atoms. The Hall–Kier alpha value is -1.98. The van der Waals surface area contributed by atoms with Crippen LogP contribution in [0.1, 0.15) is 58.8 Å². The summed E-state index contributed by atoms with van der Waals surface area (Å²) in [5, 5.41) is 0. The number of carbonyl (C=O) groups is 4. The number of Topliss-reactive ketones (excluding diaryl/α,β-unsaturated/α-hetero) is 2. The molecule has 168 valence electrons. The number of carbonyl (C=O) groups excluding carboxylic acids is 4. The molecule has 8 atom stereocenters. The molecule has 31 heavy (non-hydrogen) atoms. The van der Waals surface area contributed by atoms with Crippen molar-refractivity contribution in [3.63, 3.8) is 0 Å². The first kappa shape index (κ1) is 20.9. The Morgan fingerprint density at radius 1 is 1.03 bits per heavy atom. The lowest BCUT2D eigenvalue weighted by atomic mass is 9.69. The van der Waals surface area contributed by atoms with Crippen molar-refractivity contribution in [3.05, 3.63) is 12.2 Å². The Morgan fingerprint density at radius 3 is 2.39 bits per heavy atom. The van der Waals surface area contributed by atoms with Crippen molar-refractivity contribution >= 4 is 23.5 Å². The zero-order chi connectivity index (χ0) is 21.9. The average Bonchev–Trinajstić information content (AvgIpc) is 3.48. The molecule has 0 aromatic rings. The highest BCUT2D eigenvalue weighted by molar-refractivity contribution is 6.01. The molecule has 5 rings (SSSR count). The fourth-order valence-corrected chi connectivity index (χ4v) is 7.46. The van der Waals surface area contributed by atoms with Gasteiger partial charge in [0, 0.05) is 23.7 Å². The SMILES string of the molecule is CCC(C)(OC(=O)COC(=O)C1CC2C(=O)C1C1C3C=CC(C3=O)C21)C1CCCCC1. The van der Waals surface area contributed by atoms with Crippen LogP contribution in [-0.2, 0) is 28.7 Å². The number of ketones is 2. The standard InChI is InChI=1S/C25H32O6/c1-3-25(2,13-7-5-4-6-8-13)31-18(26)12-30-24(29)17-11-16-19-14-9-10-15(22(14)27)20(19)21(17)23(16)28/h9-10,13-17,19-21H,3-8,11-12H2,1-2H3. The van der Waals surface area contributed by atoms with Crippen molar-refractivity contribution in [1.82, 2.24) is 0 Å². The van der Waals surface area contributed by atoms with E-state index < -0.39 is 36.0 Å². The summed E-state index contributed by atoms with van der Waals surface area (Å²) in [5.74, 6) is -1.93. The van der Waals surface area contributed by atoms with Crippen molar-refractivity contribution in [2.75, 3.05) is 6.61 Å². The molecule has 0 N–H and O–H groups in total. The highest BCUT2D eigenvalue weighted by Crippen LogP contribution is 2.64. The number of hydrogen-bond donors (Lipinski definition) is 0. The Labute approximate surface area is 183 Å². The lowest BCUT2D eigenvalue weighted by Gasteiger charge is -2.38. The third kappa shape index (κ3) is 3.12. The van der Waals surface area contributed by atoms with Crippen LogP contribution in [-0.4, -0.2) is 35.7 Å². The van der Waals surface area contributed by atoms with E-state index in [-0.39, 0.29) is 41.2 Å². The van der Waals surface area contributed by atoms with Crippen molar-refractivity contribution in [2.24, 2.45) is 47.3 Å². The maximum absolute atomic E-state index is 12.8. The lowest BCUT2D eigenvalue weighted by molar-refractivity contribution is -0.177. The van der Waals surface area contributed by atoms with Crippen LogP contribution in [0.25, 0.3) is 0 Å². The van der Waals surface area contributed by atoms with Crippen LogP contribution in [0.15, 0.2) is 12.2 Å². The summed E-state index contributed by atoms with van der Waals surface area (Å²) in [5.41, 5.74) is -0.532. The van der Waals surface area contributed by atoms with Gasteiger partial charge in [-0.15, -0.1) is 0 Å². The van der Waals surface area contributed by atoms with Crippen LogP contribution in [0.2, 0.25) is 0 Å². The molecular formula is C25H32O6.